The molecule has 2 N–H and O–H groups in total. The monoisotopic (exact) mass is 225 g/mol. The molecule has 0 radical (unpaired) electrons. The molecule has 2 saturated carbocycles. The zero-order chi connectivity index (χ0) is 11.8. The number of hydrogen-bond donors (Lipinski definition) is 1. The van der Waals surface area contributed by atoms with Gasteiger partial charge in [0.2, 0.25) is 0 Å². The Balaban J connectivity index is 1.78. The summed E-state index contributed by atoms with van der Waals surface area (Å²) >= 11 is 0. The molecule has 94 valence electrons. The molecule has 0 saturated heterocycles. The number of rotatable bonds is 6. The van der Waals surface area contributed by atoms with Crippen molar-refractivity contribution in [2.24, 2.45) is 11.7 Å². The van der Waals surface area contributed by atoms with E-state index in [1.807, 2.05) is 0 Å². The third-order valence-electron chi connectivity index (χ3n) is 4.55. The zero-order valence-electron chi connectivity index (χ0n) is 11.1. The van der Waals surface area contributed by atoms with Gasteiger partial charge in [0.15, 0.2) is 0 Å². The van der Waals surface area contributed by atoms with Gasteiger partial charge in [0.05, 0.1) is 0 Å². The van der Waals surface area contributed by atoms with Crippen LogP contribution >= 0.6 is 0 Å². The zero-order valence-corrected chi connectivity index (χ0v) is 11.1. The molecular weight excluding hydrogens is 198 g/mol. The highest BCUT2D eigenvalue weighted by atomic mass is 15.2. The number of nitrogens with two attached hydrogens (primary N) is 1. The second kappa shape index (κ2) is 4.63. The quantitative estimate of drug-likeness (QED) is 0.736. The molecule has 0 aromatic rings. The molecule has 2 fully saturated rings. The van der Waals surface area contributed by atoms with Crippen molar-refractivity contribution in [2.45, 2.75) is 43.7 Å². The van der Waals surface area contributed by atoms with Crippen molar-refractivity contribution < 1.29 is 0 Å². The maximum absolute atomic E-state index is 6.18. The van der Waals surface area contributed by atoms with Crippen LogP contribution in [-0.2, 0) is 0 Å². The van der Waals surface area contributed by atoms with Gasteiger partial charge < -0.3 is 15.5 Å². The Morgan fingerprint density at radius 3 is 2.25 bits per heavy atom. The molecule has 16 heavy (non-hydrogen) atoms. The van der Waals surface area contributed by atoms with Crippen LogP contribution in [0.2, 0.25) is 0 Å². The normalized spacial score (nSPS) is 25.9. The molecule has 0 aromatic heterocycles. The molecule has 3 nitrogen and oxygen atoms in total. The number of nitrogens with zero attached hydrogens (tertiary/aromatic N) is 2. The van der Waals surface area contributed by atoms with Crippen molar-refractivity contribution in [3.05, 3.63) is 0 Å². The van der Waals surface area contributed by atoms with Crippen molar-refractivity contribution in [2.75, 3.05) is 34.2 Å². The maximum Gasteiger partial charge on any atom is 0.0330 e. The van der Waals surface area contributed by atoms with Crippen molar-refractivity contribution in [1.29, 1.82) is 0 Å². The van der Waals surface area contributed by atoms with Crippen LogP contribution in [0.25, 0.3) is 0 Å². The first-order valence-corrected chi connectivity index (χ1v) is 6.65. The van der Waals surface area contributed by atoms with Gasteiger partial charge in [-0.1, -0.05) is 0 Å². The Morgan fingerprint density at radius 1 is 1.25 bits per heavy atom. The predicted molar refractivity (Wildman–Crippen MR) is 68.5 cm³/mol. The van der Waals surface area contributed by atoms with Crippen LogP contribution in [0.1, 0.15) is 32.1 Å². The third-order valence-corrected chi connectivity index (χ3v) is 4.55. The van der Waals surface area contributed by atoms with Crippen LogP contribution in [0.15, 0.2) is 0 Å². The molecule has 1 atom stereocenters. The fraction of sp³-hybridized carbons (Fsp3) is 1.00. The summed E-state index contributed by atoms with van der Waals surface area (Å²) in [6.07, 6.45) is 6.80. The molecule has 2 rings (SSSR count). The summed E-state index contributed by atoms with van der Waals surface area (Å²) in [7, 11) is 6.66. The van der Waals surface area contributed by atoms with Gasteiger partial charge in [0, 0.05) is 24.7 Å². The Bertz CT molecular complexity index is 231. The van der Waals surface area contributed by atoms with Gasteiger partial charge in [-0.25, -0.2) is 0 Å². The number of hydrogen-bond acceptors (Lipinski definition) is 3. The Kier molecular flexibility index (Phi) is 3.57. The fourth-order valence-corrected chi connectivity index (χ4v) is 2.93. The van der Waals surface area contributed by atoms with E-state index in [1.165, 1.54) is 38.6 Å². The van der Waals surface area contributed by atoms with Gasteiger partial charge >= 0.3 is 0 Å². The minimum Gasteiger partial charge on any atom is -0.326 e. The first kappa shape index (κ1) is 12.3. The molecule has 0 bridgehead atoms. The molecule has 0 aliphatic heterocycles. The largest absolute Gasteiger partial charge is 0.326 e. The molecule has 0 spiro atoms. The molecular formula is C13H27N3. The lowest BCUT2D eigenvalue weighted by Crippen LogP contribution is -2.57. The van der Waals surface area contributed by atoms with Crippen LogP contribution in [0.3, 0.4) is 0 Å². The Labute approximate surface area is 100.0 Å². The lowest BCUT2D eigenvalue weighted by molar-refractivity contribution is 0.0261. The summed E-state index contributed by atoms with van der Waals surface area (Å²) in [4.78, 5) is 4.86. The summed E-state index contributed by atoms with van der Waals surface area (Å²) in [5.74, 6) is 0.819. The first-order chi connectivity index (χ1) is 7.53. The van der Waals surface area contributed by atoms with E-state index in [9.17, 15) is 0 Å². The van der Waals surface area contributed by atoms with Crippen molar-refractivity contribution in [3.63, 3.8) is 0 Å². The van der Waals surface area contributed by atoms with Crippen molar-refractivity contribution in [3.8, 4) is 0 Å². The lowest BCUT2D eigenvalue weighted by atomic mass is 9.75. The average Bonchev–Trinajstić information content (AvgIpc) is 2.93. The minimum atomic E-state index is 0.407. The molecule has 0 amide bonds. The van der Waals surface area contributed by atoms with E-state index in [0.717, 1.165) is 12.5 Å². The van der Waals surface area contributed by atoms with E-state index in [-0.39, 0.29) is 0 Å². The standard InChI is InChI=1S/C13H27N3/c1-15(2)13(7-4-8-13)10-16(3)9-12(14)11-5-6-11/h11-12H,4-10,14H2,1-3H3. The lowest BCUT2D eigenvalue weighted by Gasteiger charge is -2.49. The Hall–Kier alpha value is -0.120. The molecule has 3 heteroatoms. The van der Waals surface area contributed by atoms with Crippen LogP contribution in [-0.4, -0.2) is 55.6 Å². The molecule has 2 aliphatic carbocycles. The highest BCUT2D eigenvalue weighted by molar-refractivity contribution is 4.98. The predicted octanol–water partition coefficient (Wildman–Crippen LogP) is 1.14. The molecule has 2 aliphatic rings. The summed E-state index contributed by atoms with van der Waals surface area (Å²) in [6.45, 7) is 2.25. The maximum atomic E-state index is 6.18. The average molecular weight is 225 g/mol. The van der Waals surface area contributed by atoms with Gasteiger partial charge in [-0.3, -0.25) is 0 Å². The van der Waals surface area contributed by atoms with Crippen molar-refractivity contribution in [1.82, 2.24) is 9.80 Å². The second-order valence-electron chi connectivity index (χ2n) is 6.17. The third kappa shape index (κ3) is 2.58. The molecule has 0 heterocycles. The fourth-order valence-electron chi connectivity index (χ4n) is 2.93. The van der Waals surface area contributed by atoms with E-state index in [0.29, 0.717) is 11.6 Å². The highest BCUT2D eigenvalue weighted by Crippen LogP contribution is 2.37. The van der Waals surface area contributed by atoms with Crippen LogP contribution in [0.5, 0.6) is 0 Å². The Morgan fingerprint density at radius 2 is 1.88 bits per heavy atom. The summed E-state index contributed by atoms with van der Waals surface area (Å²) < 4.78 is 0. The van der Waals surface area contributed by atoms with Crippen LogP contribution in [0.4, 0.5) is 0 Å². The first-order valence-electron chi connectivity index (χ1n) is 6.65. The van der Waals surface area contributed by atoms with Gasteiger partial charge in [-0.05, 0) is 59.2 Å². The van der Waals surface area contributed by atoms with Gasteiger partial charge in [-0.2, -0.15) is 0 Å². The van der Waals surface area contributed by atoms with E-state index in [2.05, 4.69) is 30.9 Å². The second-order valence-corrected chi connectivity index (χ2v) is 6.17. The summed E-state index contributed by atoms with van der Waals surface area (Å²) in [6, 6.07) is 0.407. The van der Waals surface area contributed by atoms with E-state index in [1.54, 1.807) is 0 Å². The number of likely N-dealkylation sites (N-methyl/N-ethyl adjacent to an activating group) is 2. The van der Waals surface area contributed by atoms with E-state index < -0.39 is 0 Å². The van der Waals surface area contributed by atoms with Crippen molar-refractivity contribution >= 4 is 0 Å². The minimum absolute atomic E-state index is 0.407. The SMILES string of the molecule is CN(CC(N)C1CC1)CC1(N(C)C)CCC1. The highest BCUT2D eigenvalue weighted by Gasteiger charge is 2.40. The topological polar surface area (TPSA) is 32.5 Å². The van der Waals surface area contributed by atoms with Gasteiger partial charge in [0.1, 0.15) is 0 Å². The molecule has 0 aromatic carbocycles. The van der Waals surface area contributed by atoms with Crippen LogP contribution < -0.4 is 5.73 Å². The van der Waals surface area contributed by atoms with Gasteiger partial charge in [-0.15, -0.1) is 0 Å². The smallest absolute Gasteiger partial charge is 0.0330 e. The molecule has 1 unspecified atom stereocenters. The van der Waals surface area contributed by atoms with Gasteiger partial charge in [0.25, 0.3) is 0 Å². The van der Waals surface area contributed by atoms with E-state index in [4.69, 9.17) is 5.73 Å². The van der Waals surface area contributed by atoms with Crippen LogP contribution in [0, 0.1) is 5.92 Å². The summed E-state index contributed by atoms with van der Waals surface area (Å²) in [5, 5.41) is 0. The summed E-state index contributed by atoms with van der Waals surface area (Å²) in [5.41, 5.74) is 6.62. The van der Waals surface area contributed by atoms with E-state index >= 15 is 0 Å².